The van der Waals surface area contributed by atoms with Crippen molar-refractivity contribution in [2.24, 2.45) is 7.05 Å². The Morgan fingerprint density at radius 1 is 1.05 bits per heavy atom. The topological polar surface area (TPSA) is 37.8 Å². The predicted octanol–water partition coefficient (Wildman–Crippen LogP) is 5.27. The standard InChI is InChI=1S/C11H7Cl5N2OS/c1-18-4(2-5(19)17-18)3-20-11-9(15)7(13)6(12)8(14)10(11)16/h2H,3H2,1H3,(H,17,19). The second-order valence-corrected chi connectivity index (χ2v) is 6.73. The quantitative estimate of drug-likeness (QED) is 0.439. The van der Waals surface area contributed by atoms with E-state index in [1.165, 1.54) is 17.8 Å². The molecule has 0 spiro atoms. The third kappa shape index (κ3) is 3.11. The Balaban J connectivity index is 2.35. The summed E-state index contributed by atoms with van der Waals surface area (Å²) in [5.41, 5.74) is 0.613. The van der Waals surface area contributed by atoms with E-state index in [1.807, 2.05) is 0 Å². The van der Waals surface area contributed by atoms with Crippen molar-refractivity contribution in [3.8, 4) is 0 Å². The number of aromatic amines is 1. The molecular formula is C11H7Cl5N2OS. The Morgan fingerprint density at radius 3 is 2.00 bits per heavy atom. The highest BCUT2D eigenvalue weighted by atomic mass is 35.5. The van der Waals surface area contributed by atoms with Gasteiger partial charge < -0.3 is 0 Å². The number of hydrogen-bond acceptors (Lipinski definition) is 2. The first kappa shape index (κ1) is 16.4. The summed E-state index contributed by atoms with van der Waals surface area (Å²) in [5, 5.41) is 3.55. The van der Waals surface area contributed by atoms with Gasteiger partial charge in [-0.2, -0.15) is 0 Å². The number of hydrogen-bond donors (Lipinski definition) is 1. The van der Waals surface area contributed by atoms with Crippen LogP contribution in [0.5, 0.6) is 0 Å². The second-order valence-electron chi connectivity index (χ2n) is 3.86. The van der Waals surface area contributed by atoms with E-state index in [-0.39, 0.29) is 30.7 Å². The first-order valence-electron chi connectivity index (χ1n) is 5.22. The molecule has 0 atom stereocenters. The van der Waals surface area contributed by atoms with E-state index in [4.69, 9.17) is 58.0 Å². The van der Waals surface area contributed by atoms with E-state index < -0.39 is 0 Å². The van der Waals surface area contributed by atoms with Crippen molar-refractivity contribution in [2.75, 3.05) is 0 Å². The van der Waals surface area contributed by atoms with E-state index in [0.29, 0.717) is 10.6 Å². The van der Waals surface area contributed by atoms with Crippen LogP contribution in [0.4, 0.5) is 0 Å². The average Bonchev–Trinajstić information content (AvgIpc) is 2.72. The van der Waals surface area contributed by atoms with Crippen molar-refractivity contribution in [1.29, 1.82) is 0 Å². The molecule has 0 fully saturated rings. The van der Waals surface area contributed by atoms with Crippen molar-refractivity contribution in [3.63, 3.8) is 0 Å². The van der Waals surface area contributed by atoms with E-state index >= 15 is 0 Å². The van der Waals surface area contributed by atoms with Gasteiger partial charge in [-0.15, -0.1) is 11.8 Å². The lowest BCUT2D eigenvalue weighted by atomic mass is 10.3. The summed E-state index contributed by atoms with van der Waals surface area (Å²) in [6.45, 7) is 0. The molecule has 108 valence electrons. The fraction of sp³-hybridized carbons (Fsp3) is 0.182. The molecule has 1 aromatic heterocycles. The number of benzene rings is 1. The maximum Gasteiger partial charge on any atom is 0.264 e. The van der Waals surface area contributed by atoms with Crippen molar-refractivity contribution in [2.45, 2.75) is 10.6 Å². The minimum absolute atomic E-state index is 0.127. The molecule has 3 nitrogen and oxygen atoms in total. The number of thioether (sulfide) groups is 1. The van der Waals surface area contributed by atoms with E-state index in [2.05, 4.69) is 5.10 Å². The Morgan fingerprint density at radius 2 is 1.55 bits per heavy atom. The van der Waals surface area contributed by atoms with Gasteiger partial charge in [0.1, 0.15) is 0 Å². The van der Waals surface area contributed by atoms with Crippen LogP contribution in [0.25, 0.3) is 0 Å². The van der Waals surface area contributed by atoms with Gasteiger partial charge in [0.25, 0.3) is 5.56 Å². The van der Waals surface area contributed by atoms with Crippen molar-refractivity contribution >= 4 is 69.8 Å². The Kier molecular flexibility index (Phi) is 5.27. The van der Waals surface area contributed by atoms with Crippen LogP contribution in [0.15, 0.2) is 15.8 Å². The normalized spacial score (nSPS) is 11.1. The highest BCUT2D eigenvalue weighted by Gasteiger charge is 2.20. The lowest BCUT2D eigenvalue weighted by Gasteiger charge is -2.12. The molecule has 0 aliphatic carbocycles. The molecular weight excluding hydrogens is 385 g/mol. The minimum Gasteiger partial charge on any atom is -0.291 e. The molecule has 9 heteroatoms. The molecule has 1 heterocycles. The molecule has 2 rings (SSSR count). The maximum absolute atomic E-state index is 11.2. The molecule has 0 bridgehead atoms. The van der Waals surface area contributed by atoms with Crippen LogP contribution in [0, 0.1) is 0 Å². The number of nitrogens with zero attached hydrogens (tertiary/aromatic N) is 1. The second kappa shape index (κ2) is 6.42. The first-order valence-corrected chi connectivity index (χ1v) is 8.09. The molecule has 0 radical (unpaired) electrons. The van der Waals surface area contributed by atoms with Crippen molar-refractivity contribution < 1.29 is 0 Å². The smallest absolute Gasteiger partial charge is 0.264 e. The van der Waals surface area contributed by atoms with E-state index in [0.717, 1.165) is 5.69 Å². The summed E-state index contributed by atoms with van der Waals surface area (Å²) in [6, 6.07) is 1.49. The molecule has 1 aromatic carbocycles. The summed E-state index contributed by atoms with van der Waals surface area (Å²) in [7, 11) is 1.74. The van der Waals surface area contributed by atoms with Gasteiger partial charge >= 0.3 is 0 Å². The Bertz CT molecular complexity index is 695. The molecule has 1 N–H and O–H groups in total. The van der Waals surface area contributed by atoms with Crippen LogP contribution in [0.2, 0.25) is 25.1 Å². The summed E-state index contributed by atoms with van der Waals surface area (Å²) >= 11 is 31.5. The van der Waals surface area contributed by atoms with Crippen LogP contribution in [-0.4, -0.2) is 9.78 Å². The minimum atomic E-state index is -0.174. The van der Waals surface area contributed by atoms with Gasteiger partial charge in [-0.3, -0.25) is 14.6 Å². The van der Waals surface area contributed by atoms with Crippen LogP contribution in [0.1, 0.15) is 5.69 Å². The summed E-state index contributed by atoms with van der Waals surface area (Å²) in [4.78, 5) is 11.7. The largest absolute Gasteiger partial charge is 0.291 e. The van der Waals surface area contributed by atoms with Gasteiger partial charge in [0, 0.05) is 23.8 Å². The molecule has 0 aliphatic rings. The lowest BCUT2D eigenvalue weighted by molar-refractivity contribution is 0.727. The van der Waals surface area contributed by atoms with E-state index in [1.54, 1.807) is 11.7 Å². The first-order chi connectivity index (χ1) is 9.32. The molecule has 0 saturated carbocycles. The van der Waals surface area contributed by atoms with Crippen LogP contribution in [0.3, 0.4) is 0 Å². The highest BCUT2D eigenvalue weighted by Crippen LogP contribution is 2.48. The number of rotatable bonds is 3. The van der Waals surface area contributed by atoms with Crippen molar-refractivity contribution in [3.05, 3.63) is 47.2 Å². The van der Waals surface area contributed by atoms with Gasteiger partial charge in [-0.25, -0.2) is 0 Å². The Hall–Kier alpha value is 0.0300. The molecule has 0 aliphatic heterocycles. The zero-order valence-electron chi connectivity index (χ0n) is 9.94. The molecule has 0 amide bonds. The zero-order valence-corrected chi connectivity index (χ0v) is 14.5. The van der Waals surface area contributed by atoms with Gasteiger partial charge in [0.2, 0.25) is 0 Å². The van der Waals surface area contributed by atoms with Gasteiger partial charge in [0.05, 0.1) is 30.8 Å². The molecule has 20 heavy (non-hydrogen) atoms. The van der Waals surface area contributed by atoms with Crippen LogP contribution < -0.4 is 5.56 Å². The van der Waals surface area contributed by atoms with E-state index in [9.17, 15) is 4.79 Å². The number of aromatic nitrogens is 2. The van der Waals surface area contributed by atoms with Gasteiger partial charge in [-0.1, -0.05) is 58.0 Å². The average molecular weight is 393 g/mol. The lowest BCUT2D eigenvalue weighted by Crippen LogP contribution is -2.01. The molecule has 0 unspecified atom stereocenters. The van der Waals surface area contributed by atoms with Crippen molar-refractivity contribution in [1.82, 2.24) is 9.78 Å². The summed E-state index contributed by atoms with van der Waals surface area (Å²) < 4.78 is 1.62. The van der Waals surface area contributed by atoms with Crippen LogP contribution in [-0.2, 0) is 12.8 Å². The summed E-state index contributed by atoms with van der Waals surface area (Å²) in [5.74, 6) is 0.475. The highest BCUT2D eigenvalue weighted by molar-refractivity contribution is 7.98. The predicted molar refractivity (Wildman–Crippen MR) is 87.1 cm³/mol. The monoisotopic (exact) mass is 390 g/mol. The molecule has 2 aromatic rings. The van der Waals surface area contributed by atoms with Crippen LogP contribution >= 0.6 is 69.8 Å². The zero-order chi connectivity index (χ0) is 15.0. The van der Waals surface area contributed by atoms with Gasteiger partial charge in [0.15, 0.2) is 0 Å². The number of aryl methyl sites for hydroxylation is 1. The maximum atomic E-state index is 11.2. The molecule has 0 saturated heterocycles. The fourth-order valence-electron chi connectivity index (χ4n) is 1.51. The SMILES string of the molecule is Cn1[nH]c(=O)cc1CSc1c(Cl)c(Cl)c(Cl)c(Cl)c1Cl. The number of nitrogens with one attached hydrogen (secondary N) is 1. The van der Waals surface area contributed by atoms with Gasteiger partial charge in [-0.05, 0) is 0 Å². The summed E-state index contributed by atoms with van der Waals surface area (Å²) in [6.07, 6.45) is 0. The third-order valence-electron chi connectivity index (χ3n) is 2.54. The fourth-order valence-corrected chi connectivity index (χ4v) is 4.12. The number of halogens is 5. The third-order valence-corrected chi connectivity index (χ3v) is 6.18. The number of H-pyrrole nitrogens is 1. The Labute approximate surface area is 144 Å².